The number of amides is 2. The lowest BCUT2D eigenvalue weighted by Crippen LogP contribution is -2.32. The zero-order valence-corrected chi connectivity index (χ0v) is 12.6. The second-order valence-corrected chi connectivity index (χ2v) is 5.66. The van der Waals surface area contributed by atoms with Crippen LogP contribution in [0.3, 0.4) is 0 Å². The van der Waals surface area contributed by atoms with Crippen LogP contribution in [0.4, 0.5) is 10.5 Å². The first-order valence-electron chi connectivity index (χ1n) is 7.45. The summed E-state index contributed by atoms with van der Waals surface area (Å²) in [5, 5.41) is 6.31. The number of benzene rings is 1. The Morgan fingerprint density at radius 1 is 1.35 bits per heavy atom. The number of rotatable bonds is 6. The zero-order chi connectivity index (χ0) is 14.5. The second-order valence-electron chi connectivity index (χ2n) is 5.66. The molecular formula is C16H25N3O. The first kappa shape index (κ1) is 14.9. The van der Waals surface area contributed by atoms with Crippen LogP contribution in [0, 0.1) is 5.92 Å². The average molecular weight is 275 g/mol. The van der Waals surface area contributed by atoms with Gasteiger partial charge >= 0.3 is 6.03 Å². The van der Waals surface area contributed by atoms with E-state index in [9.17, 15) is 4.79 Å². The molecule has 0 aliphatic heterocycles. The van der Waals surface area contributed by atoms with Crippen molar-refractivity contribution in [2.45, 2.75) is 32.7 Å². The van der Waals surface area contributed by atoms with Gasteiger partial charge in [-0.25, -0.2) is 4.79 Å². The van der Waals surface area contributed by atoms with Crippen LogP contribution in [0.25, 0.3) is 0 Å². The molecule has 1 atom stereocenters. The SMILES string of the molecule is CCNC(C)c1ccc(NC(=O)N(C)CC2CC2)cc1. The number of hydrogen-bond acceptors (Lipinski definition) is 2. The zero-order valence-electron chi connectivity index (χ0n) is 12.6. The van der Waals surface area contributed by atoms with E-state index < -0.39 is 0 Å². The van der Waals surface area contributed by atoms with Crippen molar-refractivity contribution < 1.29 is 4.79 Å². The number of carbonyl (C=O) groups is 1. The van der Waals surface area contributed by atoms with Crippen molar-refractivity contribution in [2.24, 2.45) is 5.92 Å². The summed E-state index contributed by atoms with van der Waals surface area (Å²) >= 11 is 0. The number of nitrogens with one attached hydrogen (secondary N) is 2. The minimum absolute atomic E-state index is 0.0237. The van der Waals surface area contributed by atoms with E-state index in [-0.39, 0.29) is 6.03 Å². The third kappa shape index (κ3) is 4.23. The van der Waals surface area contributed by atoms with Gasteiger partial charge < -0.3 is 15.5 Å². The predicted molar refractivity (Wildman–Crippen MR) is 82.9 cm³/mol. The summed E-state index contributed by atoms with van der Waals surface area (Å²) in [5.41, 5.74) is 2.08. The van der Waals surface area contributed by atoms with E-state index >= 15 is 0 Å². The highest BCUT2D eigenvalue weighted by molar-refractivity contribution is 5.89. The van der Waals surface area contributed by atoms with Crippen LogP contribution >= 0.6 is 0 Å². The molecule has 110 valence electrons. The highest BCUT2D eigenvalue weighted by atomic mass is 16.2. The van der Waals surface area contributed by atoms with Crippen molar-refractivity contribution in [3.8, 4) is 0 Å². The molecule has 1 unspecified atom stereocenters. The Morgan fingerprint density at radius 3 is 2.55 bits per heavy atom. The van der Waals surface area contributed by atoms with Crippen LogP contribution in [0.2, 0.25) is 0 Å². The summed E-state index contributed by atoms with van der Waals surface area (Å²) in [6.45, 7) is 6.05. The lowest BCUT2D eigenvalue weighted by Gasteiger charge is -2.18. The van der Waals surface area contributed by atoms with Gasteiger partial charge in [0.2, 0.25) is 0 Å². The molecule has 0 spiro atoms. The molecule has 0 aromatic heterocycles. The summed E-state index contributed by atoms with van der Waals surface area (Å²) in [7, 11) is 1.86. The Labute approximate surface area is 121 Å². The molecule has 1 aliphatic carbocycles. The van der Waals surface area contributed by atoms with Gasteiger partial charge in [0.05, 0.1) is 0 Å². The number of anilines is 1. The van der Waals surface area contributed by atoms with Gasteiger partial charge in [-0.1, -0.05) is 19.1 Å². The lowest BCUT2D eigenvalue weighted by molar-refractivity contribution is 0.220. The Hall–Kier alpha value is -1.55. The molecule has 1 aromatic carbocycles. The number of urea groups is 1. The van der Waals surface area contributed by atoms with Crippen LogP contribution in [-0.2, 0) is 0 Å². The highest BCUT2D eigenvalue weighted by Gasteiger charge is 2.24. The molecule has 20 heavy (non-hydrogen) atoms. The summed E-state index contributed by atoms with van der Waals surface area (Å²) in [6, 6.07) is 8.36. The number of nitrogens with zero attached hydrogens (tertiary/aromatic N) is 1. The Bertz CT molecular complexity index is 440. The molecule has 1 saturated carbocycles. The van der Waals surface area contributed by atoms with Gasteiger partial charge in [0.1, 0.15) is 0 Å². The van der Waals surface area contributed by atoms with Gasteiger partial charge in [0.25, 0.3) is 0 Å². The van der Waals surface area contributed by atoms with Crippen molar-refractivity contribution in [1.82, 2.24) is 10.2 Å². The van der Waals surface area contributed by atoms with Crippen LogP contribution in [0.15, 0.2) is 24.3 Å². The first-order valence-corrected chi connectivity index (χ1v) is 7.45. The molecule has 1 aliphatic rings. The summed E-state index contributed by atoms with van der Waals surface area (Å²) in [4.78, 5) is 13.8. The Morgan fingerprint density at radius 2 is 2.00 bits per heavy atom. The number of hydrogen-bond donors (Lipinski definition) is 2. The molecule has 1 aromatic rings. The number of carbonyl (C=O) groups excluding carboxylic acids is 1. The summed E-state index contributed by atoms with van der Waals surface area (Å²) in [5.74, 6) is 0.717. The molecule has 0 saturated heterocycles. The second kappa shape index (κ2) is 6.75. The summed E-state index contributed by atoms with van der Waals surface area (Å²) < 4.78 is 0. The molecule has 0 heterocycles. The molecule has 2 amide bonds. The molecule has 0 bridgehead atoms. The maximum absolute atomic E-state index is 12.0. The van der Waals surface area contributed by atoms with Gasteiger partial charge in [-0.3, -0.25) is 0 Å². The molecule has 4 heteroatoms. The van der Waals surface area contributed by atoms with Gasteiger partial charge in [0, 0.05) is 25.3 Å². The van der Waals surface area contributed by atoms with Crippen molar-refractivity contribution in [3.63, 3.8) is 0 Å². The van der Waals surface area contributed by atoms with Crippen LogP contribution in [0.5, 0.6) is 0 Å². The van der Waals surface area contributed by atoms with Gasteiger partial charge in [-0.05, 0) is 49.9 Å². The Kier molecular flexibility index (Phi) is 5.01. The van der Waals surface area contributed by atoms with E-state index in [0.717, 1.165) is 18.8 Å². The van der Waals surface area contributed by atoms with E-state index in [1.165, 1.54) is 18.4 Å². The monoisotopic (exact) mass is 275 g/mol. The minimum Gasteiger partial charge on any atom is -0.327 e. The van der Waals surface area contributed by atoms with E-state index in [1.807, 2.05) is 19.2 Å². The van der Waals surface area contributed by atoms with Crippen molar-refractivity contribution >= 4 is 11.7 Å². The molecular weight excluding hydrogens is 250 g/mol. The largest absolute Gasteiger partial charge is 0.327 e. The third-order valence-electron chi connectivity index (χ3n) is 3.75. The maximum Gasteiger partial charge on any atom is 0.321 e. The fraction of sp³-hybridized carbons (Fsp3) is 0.562. The fourth-order valence-electron chi connectivity index (χ4n) is 2.27. The average Bonchev–Trinajstić information content (AvgIpc) is 3.23. The Balaban J connectivity index is 1.87. The van der Waals surface area contributed by atoms with Gasteiger partial charge in [0.15, 0.2) is 0 Å². The quantitative estimate of drug-likeness (QED) is 0.837. The first-order chi connectivity index (χ1) is 9.60. The van der Waals surface area contributed by atoms with E-state index in [0.29, 0.717) is 12.0 Å². The van der Waals surface area contributed by atoms with Crippen molar-refractivity contribution in [3.05, 3.63) is 29.8 Å². The minimum atomic E-state index is -0.0237. The normalized spacial score (nSPS) is 15.8. The fourth-order valence-corrected chi connectivity index (χ4v) is 2.27. The van der Waals surface area contributed by atoms with Crippen LogP contribution in [0.1, 0.15) is 38.3 Å². The lowest BCUT2D eigenvalue weighted by atomic mass is 10.1. The van der Waals surface area contributed by atoms with E-state index in [4.69, 9.17) is 0 Å². The van der Waals surface area contributed by atoms with Crippen LogP contribution < -0.4 is 10.6 Å². The standard InChI is InChI=1S/C16H25N3O/c1-4-17-12(2)14-7-9-15(10-8-14)18-16(20)19(3)11-13-5-6-13/h7-10,12-13,17H,4-6,11H2,1-3H3,(H,18,20). The molecule has 1 fully saturated rings. The molecule has 2 rings (SSSR count). The molecule has 0 radical (unpaired) electrons. The van der Waals surface area contributed by atoms with Gasteiger partial charge in [-0.2, -0.15) is 0 Å². The molecule has 2 N–H and O–H groups in total. The van der Waals surface area contributed by atoms with Gasteiger partial charge in [-0.15, -0.1) is 0 Å². The molecule has 4 nitrogen and oxygen atoms in total. The summed E-state index contributed by atoms with van der Waals surface area (Å²) in [6.07, 6.45) is 2.52. The van der Waals surface area contributed by atoms with Crippen LogP contribution in [-0.4, -0.2) is 31.1 Å². The van der Waals surface area contributed by atoms with Crippen molar-refractivity contribution in [2.75, 3.05) is 25.5 Å². The predicted octanol–water partition coefficient (Wildman–Crippen LogP) is 3.23. The maximum atomic E-state index is 12.0. The highest BCUT2D eigenvalue weighted by Crippen LogP contribution is 2.29. The topological polar surface area (TPSA) is 44.4 Å². The van der Waals surface area contributed by atoms with E-state index in [1.54, 1.807) is 4.90 Å². The van der Waals surface area contributed by atoms with Crippen molar-refractivity contribution in [1.29, 1.82) is 0 Å². The smallest absolute Gasteiger partial charge is 0.321 e. The van der Waals surface area contributed by atoms with E-state index in [2.05, 4.69) is 36.6 Å². The third-order valence-corrected chi connectivity index (χ3v) is 3.75.